The molecule has 0 aromatic heterocycles. The van der Waals surface area contributed by atoms with E-state index in [0.717, 1.165) is 35.7 Å². The van der Waals surface area contributed by atoms with E-state index in [1.807, 2.05) is 48.2 Å². The number of nitriles is 1. The number of thioether (sulfide) groups is 1. The molecule has 0 atom stereocenters. The third-order valence-corrected chi connectivity index (χ3v) is 5.04. The van der Waals surface area contributed by atoms with Crippen LogP contribution in [0.5, 0.6) is 0 Å². The molecule has 4 nitrogen and oxygen atoms in total. The van der Waals surface area contributed by atoms with Crippen molar-refractivity contribution in [3.05, 3.63) is 54.1 Å². The topological polar surface area (TPSA) is 56.1 Å². The van der Waals surface area contributed by atoms with Gasteiger partial charge >= 0.3 is 0 Å². The van der Waals surface area contributed by atoms with Gasteiger partial charge in [-0.15, -0.1) is 11.8 Å². The number of fused-ring (bicyclic) bond motifs is 1. The SMILES string of the molecule is N#CCc1ccc(NC(=O)CN2CCCSc3ccccc32)cc1. The summed E-state index contributed by atoms with van der Waals surface area (Å²) in [6.45, 7) is 1.23. The highest BCUT2D eigenvalue weighted by Gasteiger charge is 2.17. The van der Waals surface area contributed by atoms with Gasteiger partial charge in [-0.05, 0) is 42.0 Å². The Morgan fingerprint density at radius 2 is 2.00 bits per heavy atom. The Labute approximate surface area is 146 Å². The molecular weight excluding hydrogens is 318 g/mol. The second-order valence-corrected chi connectivity index (χ2v) is 6.81. The number of rotatable bonds is 4. The highest BCUT2D eigenvalue weighted by atomic mass is 32.2. The lowest BCUT2D eigenvalue weighted by Gasteiger charge is -2.23. The van der Waals surface area contributed by atoms with E-state index in [2.05, 4.69) is 28.4 Å². The minimum atomic E-state index is -0.0234. The van der Waals surface area contributed by atoms with E-state index in [1.54, 1.807) is 0 Å². The minimum absolute atomic E-state index is 0.0234. The van der Waals surface area contributed by atoms with Crippen molar-refractivity contribution in [1.29, 1.82) is 5.26 Å². The Hall–Kier alpha value is -2.45. The van der Waals surface area contributed by atoms with Gasteiger partial charge in [-0.2, -0.15) is 5.26 Å². The van der Waals surface area contributed by atoms with E-state index in [4.69, 9.17) is 5.26 Å². The van der Waals surface area contributed by atoms with E-state index in [9.17, 15) is 4.79 Å². The summed E-state index contributed by atoms with van der Waals surface area (Å²) in [7, 11) is 0. The fourth-order valence-corrected chi connectivity index (χ4v) is 3.75. The molecule has 0 saturated heterocycles. The van der Waals surface area contributed by atoms with Gasteiger partial charge in [-0.25, -0.2) is 0 Å². The number of nitrogens with zero attached hydrogens (tertiary/aromatic N) is 2. The number of amides is 1. The summed E-state index contributed by atoms with van der Waals surface area (Å²) < 4.78 is 0. The van der Waals surface area contributed by atoms with E-state index < -0.39 is 0 Å². The Bertz CT molecular complexity index is 752. The molecule has 0 spiro atoms. The Morgan fingerprint density at radius 1 is 1.21 bits per heavy atom. The zero-order valence-electron chi connectivity index (χ0n) is 13.4. The molecule has 122 valence electrons. The van der Waals surface area contributed by atoms with Crippen LogP contribution in [-0.2, 0) is 11.2 Å². The van der Waals surface area contributed by atoms with Gasteiger partial charge in [0.1, 0.15) is 0 Å². The van der Waals surface area contributed by atoms with Crippen LogP contribution in [0, 0.1) is 11.3 Å². The maximum absolute atomic E-state index is 12.4. The molecule has 0 saturated carbocycles. The molecule has 0 unspecified atom stereocenters. The van der Waals surface area contributed by atoms with Crippen molar-refractivity contribution in [3.63, 3.8) is 0 Å². The lowest BCUT2D eigenvalue weighted by molar-refractivity contribution is -0.115. The minimum Gasteiger partial charge on any atom is -0.361 e. The first-order valence-electron chi connectivity index (χ1n) is 7.99. The van der Waals surface area contributed by atoms with E-state index in [1.165, 1.54) is 4.90 Å². The summed E-state index contributed by atoms with van der Waals surface area (Å²) in [5, 5.41) is 11.6. The number of hydrogen-bond donors (Lipinski definition) is 1. The van der Waals surface area contributed by atoms with E-state index in [0.29, 0.717) is 13.0 Å². The van der Waals surface area contributed by atoms with Crippen LogP contribution < -0.4 is 10.2 Å². The molecule has 2 aromatic rings. The number of hydrogen-bond acceptors (Lipinski definition) is 4. The molecule has 0 aliphatic carbocycles. The first kappa shape index (κ1) is 16.4. The molecular formula is C19H19N3OS. The summed E-state index contributed by atoms with van der Waals surface area (Å²) in [6, 6.07) is 17.8. The predicted octanol–water partition coefficient (Wildman–Crippen LogP) is 3.69. The number of nitrogens with one attached hydrogen (secondary N) is 1. The fraction of sp³-hybridized carbons (Fsp3) is 0.263. The summed E-state index contributed by atoms with van der Waals surface area (Å²) in [5.41, 5.74) is 2.85. The van der Waals surface area contributed by atoms with Crippen molar-refractivity contribution in [3.8, 4) is 6.07 Å². The molecule has 1 aliphatic heterocycles. The Balaban J connectivity index is 1.65. The Morgan fingerprint density at radius 3 is 2.79 bits per heavy atom. The van der Waals surface area contributed by atoms with Gasteiger partial charge in [0, 0.05) is 17.1 Å². The number of benzene rings is 2. The van der Waals surface area contributed by atoms with Crippen molar-refractivity contribution < 1.29 is 4.79 Å². The maximum Gasteiger partial charge on any atom is 0.243 e. The third-order valence-electron chi connectivity index (χ3n) is 3.89. The summed E-state index contributed by atoms with van der Waals surface area (Å²) >= 11 is 1.85. The average Bonchev–Trinajstić information content (AvgIpc) is 2.79. The highest BCUT2D eigenvalue weighted by molar-refractivity contribution is 7.99. The standard InChI is InChI=1S/C19H19N3OS/c20-11-10-15-6-8-16(9-7-15)21-19(23)14-22-12-3-13-24-18-5-2-1-4-17(18)22/h1-2,4-9H,3,10,12-14H2,(H,21,23). The molecule has 1 heterocycles. The van der Waals surface area contributed by atoms with Gasteiger partial charge in [0.15, 0.2) is 0 Å². The second-order valence-electron chi connectivity index (χ2n) is 5.67. The number of anilines is 2. The van der Waals surface area contributed by atoms with Crippen molar-refractivity contribution >= 4 is 29.0 Å². The zero-order valence-corrected chi connectivity index (χ0v) is 14.2. The molecule has 0 bridgehead atoms. The first-order chi connectivity index (χ1) is 11.8. The Kier molecular flexibility index (Phi) is 5.39. The first-order valence-corrected chi connectivity index (χ1v) is 8.97. The van der Waals surface area contributed by atoms with Crippen LogP contribution >= 0.6 is 11.8 Å². The predicted molar refractivity (Wildman–Crippen MR) is 98.4 cm³/mol. The molecule has 1 N–H and O–H groups in total. The normalized spacial score (nSPS) is 13.5. The molecule has 24 heavy (non-hydrogen) atoms. The molecule has 1 aliphatic rings. The van der Waals surface area contributed by atoms with Crippen molar-refractivity contribution in [2.75, 3.05) is 29.1 Å². The van der Waals surface area contributed by atoms with Crippen LogP contribution in [0.25, 0.3) is 0 Å². The largest absolute Gasteiger partial charge is 0.361 e. The number of carbonyl (C=O) groups is 1. The quantitative estimate of drug-likeness (QED) is 0.924. The maximum atomic E-state index is 12.4. The van der Waals surface area contributed by atoms with Gasteiger partial charge in [0.05, 0.1) is 24.7 Å². The van der Waals surface area contributed by atoms with Crippen LogP contribution in [0.1, 0.15) is 12.0 Å². The smallest absolute Gasteiger partial charge is 0.243 e. The molecule has 5 heteroatoms. The van der Waals surface area contributed by atoms with Gasteiger partial charge in [0.2, 0.25) is 5.91 Å². The van der Waals surface area contributed by atoms with Crippen molar-refractivity contribution in [2.45, 2.75) is 17.7 Å². The monoisotopic (exact) mass is 337 g/mol. The fourth-order valence-electron chi connectivity index (χ4n) is 2.73. The van der Waals surface area contributed by atoms with E-state index >= 15 is 0 Å². The van der Waals surface area contributed by atoms with Gasteiger partial charge in [-0.1, -0.05) is 24.3 Å². The summed E-state index contributed by atoms with van der Waals surface area (Å²) in [5.74, 6) is 1.06. The lowest BCUT2D eigenvalue weighted by Crippen LogP contribution is -2.34. The van der Waals surface area contributed by atoms with E-state index in [-0.39, 0.29) is 5.91 Å². The highest BCUT2D eigenvalue weighted by Crippen LogP contribution is 2.33. The van der Waals surface area contributed by atoms with Crippen molar-refractivity contribution in [1.82, 2.24) is 0 Å². The van der Waals surface area contributed by atoms with Crippen molar-refractivity contribution in [2.24, 2.45) is 0 Å². The number of para-hydroxylation sites is 1. The van der Waals surface area contributed by atoms with Gasteiger partial charge in [0.25, 0.3) is 0 Å². The van der Waals surface area contributed by atoms with Crippen LogP contribution in [0.2, 0.25) is 0 Å². The third kappa shape index (κ3) is 4.09. The summed E-state index contributed by atoms with van der Waals surface area (Å²) in [4.78, 5) is 15.8. The van der Waals surface area contributed by atoms with Gasteiger partial charge in [-0.3, -0.25) is 4.79 Å². The average molecular weight is 337 g/mol. The second kappa shape index (κ2) is 7.89. The molecule has 2 aromatic carbocycles. The molecule has 0 fully saturated rings. The van der Waals surface area contributed by atoms with Crippen LogP contribution in [0.15, 0.2) is 53.4 Å². The van der Waals surface area contributed by atoms with Crippen LogP contribution in [0.3, 0.4) is 0 Å². The molecule has 1 amide bonds. The molecule has 0 radical (unpaired) electrons. The lowest BCUT2D eigenvalue weighted by atomic mass is 10.1. The van der Waals surface area contributed by atoms with Crippen LogP contribution in [0.4, 0.5) is 11.4 Å². The molecule has 3 rings (SSSR count). The summed E-state index contributed by atoms with van der Waals surface area (Å²) in [6.07, 6.45) is 1.45. The zero-order chi connectivity index (χ0) is 16.8. The van der Waals surface area contributed by atoms with Gasteiger partial charge < -0.3 is 10.2 Å². The number of carbonyl (C=O) groups excluding carboxylic acids is 1. The van der Waals surface area contributed by atoms with Crippen LogP contribution in [-0.4, -0.2) is 24.7 Å².